The van der Waals surface area contributed by atoms with Crippen molar-refractivity contribution in [1.29, 1.82) is 0 Å². The van der Waals surface area contributed by atoms with E-state index in [2.05, 4.69) is 15.6 Å². The molecule has 1 unspecified atom stereocenters. The summed E-state index contributed by atoms with van der Waals surface area (Å²) in [5.41, 5.74) is 4.31. The number of amides is 3. The Hall–Kier alpha value is -3.14. The van der Waals surface area contributed by atoms with Gasteiger partial charge < -0.3 is 62.9 Å². The molecule has 17 nitrogen and oxygen atoms in total. The number of thiazole rings is 1. The molecule has 1 saturated heterocycles. The Morgan fingerprint density at radius 3 is 1.56 bits per heavy atom. The quantitative estimate of drug-likeness (QED) is 0.0933. The van der Waals surface area contributed by atoms with Gasteiger partial charge in [0, 0.05) is 26.1 Å². The Balaban J connectivity index is 1.12. The van der Waals surface area contributed by atoms with Crippen LogP contribution >= 0.6 is 11.3 Å². The summed E-state index contributed by atoms with van der Waals surface area (Å²) in [5.74, 6) is -0.742. The maximum Gasteiger partial charge on any atom is 0.246 e. The highest BCUT2D eigenvalue weighted by atomic mass is 32.1. The lowest BCUT2D eigenvalue weighted by molar-refractivity contribution is -0.144. The van der Waals surface area contributed by atoms with Crippen LogP contribution in [-0.4, -0.2) is 178 Å². The second-order valence-corrected chi connectivity index (χ2v) is 16.6. The molecule has 1 fully saturated rings. The van der Waals surface area contributed by atoms with E-state index in [0.29, 0.717) is 151 Å². The molecular formula is C45H74N4O13S. The van der Waals surface area contributed by atoms with Crippen molar-refractivity contribution in [3.8, 4) is 10.4 Å². The van der Waals surface area contributed by atoms with E-state index in [1.165, 1.54) is 0 Å². The average Bonchev–Trinajstić information content (AvgIpc) is 3.95. The molecule has 0 radical (unpaired) electrons. The molecular weight excluding hydrogens is 837 g/mol. The van der Waals surface area contributed by atoms with E-state index in [-0.39, 0.29) is 30.7 Å². The van der Waals surface area contributed by atoms with Crippen LogP contribution in [0.1, 0.15) is 58.2 Å². The lowest BCUT2D eigenvalue weighted by Crippen LogP contribution is -2.57. The van der Waals surface area contributed by atoms with Crippen molar-refractivity contribution in [1.82, 2.24) is 20.5 Å². The summed E-state index contributed by atoms with van der Waals surface area (Å²) in [4.78, 5) is 47.2. The summed E-state index contributed by atoms with van der Waals surface area (Å²) in [5, 5.41) is 5.93. The number of aromatic nitrogens is 1. The third-order valence-electron chi connectivity index (χ3n) is 9.71. The summed E-state index contributed by atoms with van der Waals surface area (Å²) < 4.78 is 54.7. The molecule has 1 aromatic carbocycles. The standard InChI is InChI=1S/C45H74N4O13S/c1-6-53-16-17-55-20-21-57-24-25-59-28-29-61-32-33-62-31-30-60-27-26-58-23-22-56-19-18-54-15-13-40(50)48-42(45(3,4)5)44(52)49-14-7-8-39(49)43(51)46-34-37-9-11-38(12-10-37)41-36(2)47-35-63-41/h9-12,35,39,42H,6-8,13-34H2,1-5H3,(H,46,51)(H,48,50)/t39-,42?/m0/s1. The van der Waals surface area contributed by atoms with Crippen molar-refractivity contribution in [3.63, 3.8) is 0 Å². The number of hydrogen-bond acceptors (Lipinski definition) is 15. The number of nitrogens with one attached hydrogen (secondary N) is 2. The zero-order chi connectivity index (χ0) is 45.4. The molecule has 1 aliphatic rings. The Labute approximate surface area is 378 Å². The molecule has 63 heavy (non-hydrogen) atoms. The summed E-state index contributed by atoms with van der Waals surface area (Å²) in [7, 11) is 0. The molecule has 2 N–H and O–H groups in total. The largest absolute Gasteiger partial charge is 0.379 e. The van der Waals surface area contributed by atoms with Gasteiger partial charge in [0.05, 0.1) is 142 Å². The molecule has 3 rings (SSSR count). The maximum absolute atomic E-state index is 13.9. The number of aryl methyl sites for hydroxylation is 1. The lowest BCUT2D eigenvalue weighted by Gasteiger charge is -2.35. The third kappa shape index (κ3) is 23.6. The monoisotopic (exact) mass is 910 g/mol. The topological polar surface area (TPSA) is 184 Å². The van der Waals surface area contributed by atoms with Crippen molar-refractivity contribution >= 4 is 29.1 Å². The minimum absolute atomic E-state index is 0.0908. The first-order valence-electron chi connectivity index (χ1n) is 22.3. The van der Waals surface area contributed by atoms with E-state index in [0.717, 1.165) is 21.7 Å². The highest BCUT2D eigenvalue weighted by Gasteiger charge is 2.41. The van der Waals surface area contributed by atoms with Gasteiger partial charge in [-0.15, -0.1) is 11.3 Å². The van der Waals surface area contributed by atoms with Gasteiger partial charge in [0.1, 0.15) is 12.1 Å². The molecule has 0 saturated carbocycles. The fraction of sp³-hybridized carbons (Fsp3) is 0.733. The molecule has 3 amide bonds. The van der Waals surface area contributed by atoms with Crippen LogP contribution in [0.4, 0.5) is 0 Å². The number of rotatable bonds is 37. The Morgan fingerprint density at radius 1 is 0.698 bits per heavy atom. The van der Waals surface area contributed by atoms with E-state index < -0.39 is 17.5 Å². The first-order chi connectivity index (χ1) is 30.6. The smallest absolute Gasteiger partial charge is 0.246 e. The van der Waals surface area contributed by atoms with Crippen LogP contribution in [0.2, 0.25) is 0 Å². The molecule has 2 atom stereocenters. The molecule has 358 valence electrons. The normalized spacial score (nSPS) is 14.6. The van der Waals surface area contributed by atoms with E-state index in [1.807, 2.05) is 64.4 Å². The number of carbonyl (C=O) groups excluding carboxylic acids is 3. The van der Waals surface area contributed by atoms with E-state index in [4.69, 9.17) is 47.4 Å². The molecule has 0 bridgehead atoms. The molecule has 1 aromatic heterocycles. The van der Waals surface area contributed by atoms with Crippen molar-refractivity contribution < 1.29 is 61.8 Å². The molecule has 2 heterocycles. The predicted molar refractivity (Wildman–Crippen MR) is 239 cm³/mol. The van der Waals surface area contributed by atoms with Gasteiger partial charge in [0.15, 0.2) is 0 Å². The van der Waals surface area contributed by atoms with Gasteiger partial charge in [0.2, 0.25) is 17.7 Å². The second-order valence-electron chi connectivity index (χ2n) is 15.7. The zero-order valence-electron chi connectivity index (χ0n) is 38.3. The summed E-state index contributed by atoms with van der Waals surface area (Å²) in [6.45, 7) is 19.9. The van der Waals surface area contributed by atoms with Crippen LogP contribution in [0, 0.1) is 12.3 Å². The van der Waals surface area contributed by atoms with Crippen LogP contribution in [0.25, 0.3) is 10.4 Å². The molecule has 2 aromatic rings. The van der Waals surface area contributed by atoms with Crippen LogP contribution in [0.15, 0.2) is 29.8 Å². The highest BCUT2D eigenvalue weighted by molar-refractivity contribution is 7.13. The van der Waals surface area contributed by atoms with Gasteiger partial charge in [-0.3, -0.25) is 14.4 Å². The SMILES string of the molecule is CCOCCOCCOCCOCCOCCOCCOCCOCCOCCOCCC(=O)NC(C(=O)N1CCC[C@H]1C(=O)NCc1ccc(-c2scnc2C)cc1)C(C)(C)C. The number of hydrogen-bond donors (Lipinski definition) is 2. The van der Waals surface area contributed by atoms with Crippen molar-refractivity contribution in [3.05, 3.63) is 41.0 Å². The molecule has 1 aliphatic heterocycles. The fourth-order valence-corrected chi connectivity index (χ4v) is 7.11. The van der Waals surface area contributed by atoms with Crippen LogP contribution in [-0.2, 0) is 68.3 Å². The lowest BCUT2D eigenvalue weighted by atomic mass is 9.85. The number of carbonyl (C=O) groups is 3. The van der Waals surface area contributed by atoms with E-state index >= 15 is 0 Å². The fourth-order valence-electron chi connectivity index (χ4n) is 6.30. The van der Waals surface area contributed by atoms with Gasteiger partial charge in [-0.05, 0) is 43.2 Å². The number of benzene rings is 1. The third-order valence-corrected chi connectivity index (χ3v) is 10.7. The van der Waals surface area contributed by atoms with Gasteiger partial charge in [0.25, 0.3) is 0 Å². The average molecular weight is 911 g/mol. The van der Waals surface area contributed by atoms with Crippen LogP contribution in [0.3, 0.4) is 0 Å². The highest BCUT2D eigenvalue weighted by Crippen LogP contribution is 2.28. The molecule has 18 heteroatoms. The minimum Gasteiger partial charge on any atom is -0.379 e. The Kier molecular flexibility index (Phi) is 28.7. The van der Waals surface area contributed by atoms with Gasteiger partial charge >= 0.3 is 0 Å². The summed E-state index contributed by atoms with van der Waals surface area (Å²) >= 11 is 1.60. The van der Waals surface area contributed by atoms with Crippen LogP contribution in [0.5, 0.6) is 0 Å². The van der Waals surface area contributed by atoms with Crippen molar-refractivity contribution in [2.45, 2.75) is 72.5 Å². The zero-order valence-corrected chi connectivity index (χ0v) is 39.1. The Bertz CT molecular complexity index is 1510. The second kappa shape index (κ2) is 33.4. The molecule has 0 spiro atoms. The summed E-state index contributed by atoms with van der Waals surface area (Å²) in [6, 6.07) is 6.66. The van der Waals surface area contributed by atoms with E-state index in [1.54, 1.807) is 16.2 Å². The Morgan fingerprint density at radius 2 is 1.14 bits per heavy atom. The van der Waals surface area contributed by atoms with Gasteiger partial charge in [-0.25, -0.2) is 4.98 Å². The minimum atomic E-state index is -0.796. The number of nitrogens with zero attached hydrogens (tertiary/aromatic N) is 2. The molecule has 0 aliphatic carbocycles. The number of ether oxygens (including phenoxy) is 10. The van der Waals surface area contributed by atoms with Crippen molar-refractivity contribution in [2.24, 2.45) is 5.41 Å². The number of likely N-dealkylation sites (tertiary alicyclic amines) is 1. The van der Waals surface area contributed by atoms with Gasteiger partial charge in [-0.2, -0.15) is 0 Å². The van der Waals surface area contributed by atoms with Crippen LogP contribution < -0.4 is 10.6 Å². The predicted octanol–water partition coefficient (Wildman–Crippen LogP) is 3.83. The van der Waals surface area contributed by atoms with Crippen molar-refractivity contribution in [2.75, 3.05) is 139 Å². The van der Waals surface area contributed by atoms with Gasteiger partial charge in [-0.1, -0.05) is 45.0 Å². The maximum atomic E-state index is 13.9. The first-order valence-corrected chi connectivity index (χ1v) is 23.1. The van der Waals surface area contributed by atoms with E-state index in [9.17, 15) is 14.4 Å². The first kappa shape index (κ1) is 54.2. The summed E-state index contributed by atoms with van der Waals surface area (Å²) in [6.07, 6.45) is 1.38.